The second-order valence-corrected chi connectivity index (χ2v) is 3.92. The van der Waals surface area contributed by atoms with E-state index in [0.717, 1.165) is 12.1 Å². The molecule has 20 heavy (non-hydrogen) atoms. The van der Waals surface area contributed by atoms with Crippen molar-refractivity contribution in [2.75, 3.05) is 5.73 Å². The molecule has 3 rings (SSSR count). The molecule has 0 aliphatic carbocycles. The summed E-state index contributed by atoms with van der Waals surface area (Å²) < 4.78 is 93.5. The SMILES string of the molecule is [2H]c1c([2H])c([2H])c(-c2cc(F)c(N)c(-c3c([2H])c([2H])c([2H])c([2H])c3[2H])c2)c([2H])c1[2H]. The van der Waals surface area contributed by atoms with Crippen molar-refractivity contribution in [2.24, 2.45) is 0 Å². The van der Waals surface area contributed by atoms with Crippen LogP contribution in [-0.2, 0) is 0 Å². The topological polar surface area (TPSA) is 26.0 Å². The van der Waals surface area contributed by atoms with Crippen LogP contribution < -0.4 is 5.73 Å². The van der Waals surface area contributed by atoms with Crippen LogP contribution >= 0.6 is 0 Å². The van der Waals surface area contributed by atoms with E-state index in [4.69, 9.17) is 19.4 Å². The summed E-state index contributed by atoms with van der Waals surface area (Å²) in [5.41, 5.74) is 4.26. The quantitative estimate of drug-likeness (QED) is 0.670. The minimum Gasteiger partial charge on any atom is -0.396 e. The number of hydrogen-bond donors (Lipinski definition) is 1. The molecule has 0 bridgehead atoms. The lowest BCUT2D eigenvalue weighted by atomic mass is 9.97. The van der Waals surface area contributed by atoms with Crippen LogP contribution in [0.4, 0.5) is 10.1 Å². The Morgan fingerprint density at radius 1 is 0.750 bits per heavy atom. The van der Waals surface area contributed by atoms with Crippen LogP contribution in [0, 0.1) is 5.82 Å². The van der Waals surface area contributed by atoms with Crippen LogP contribution in [-0.4, -0.2) is 0 Å². The monoisotopic (exact) mass is 273 g/mol. The third kappa shape index (κ3) is 2.28. The van der Waals surface area contributed by atoms with E-state index in [1.807, 2.05) is 0 Å². The number of benzene rings is 3. The van der Waals surface area contributed by atoms with Crippen molar-refractivity contribution in [3.63, 3.8) is 0 Å². The molecule has 0 atom stereocenters. The second-order valence-electron chi connectivity index (χ2n) is 3.92. The first-order valence-corrected chi connectivity index (χ1v) is 5.63. The zero-order valence-electron chi connectivity index (χ0n) is 20.1. The molecule has 0 heterocycles. The van der Waals surface area contributed by atoms with Gasteiger partial charge in [-0.05, 0) is 28.8 Å². The fourth-order valence-corrected chi connectivity index (χ4v) is 1.75. The molecule has 1 nitrogen and oxygen atoms in total. The number of nitrogen functional groups attached to an aromatic ring is 1. The lowest BCUT2D eigenvalue weighted by molar-refractivity contribution is 0.633. The molecule has 2 N–H and O–H groups in total. The number of halogens is 1. The van der Waals surface area contributed by atoms with E-state index in [1.54, 1.807) is 0 Å². The maximum absolute atomic E-state index is 14.7. The van der Waals surface area contributed by atoms with Gasteiger partial charge in [0.15, 0.2) is 0 Å². The molecular weight excluding hydrogens is 249 g/mol. The third-order valence-electron chi connectivity index (χ3n) is 2.69. The molecule has 0 saturated carbocycles. The summed E-state index contributed by atoms with van der Waals surface area (Å²) >= 11 is 0. The fourth-order valence-electron chi connectivity index (χ4n) is 1.75. The van der Waals surface area contributed by atoms with E-state index in [-0.39, 0.29) is 22.3 Å². The van der Waals surface area contributed by atoms with Gasteiger partial charge in [0.25, 0.3) is 0 Å². The smallest absolute Gasteiger partial charge is 0.147 e. The van der Waals surface area contributed by atoms with Gasteiger partial charge in [-0.3, -0.25) is 0 Å². The van der Waals surface area contributed by atoms with Crippen molar-refractivity contribution in [1.82, 2.24) is 0 Å². The lowest BCUT2D eigenvalue weighted by Crippen LogP contribution is -1.95. The largest absolute Gasteiger partial charge is 0.396 e. The highest BCUT2D eigenvalue weighted by Crippen LogP contribution is 2.33. The summed E-state index contributed by atoms with van der Waals surface area (Å²) in [5.74, 6) is -1.03. The van der Waals surface area contributed by atoms with Gasteiger partial charge < -0.3 is 5.73 Å². The van der Waals surface area contributed by atoms with Gasteiger partial charge in [-0.1, -0.05) is 60.4 Å². The van der Waals surface area contributed by atoms with Crippen molar-refractivity contribution < 1.29 is 18.1 Å². The summed E-state index contributed by atoms with van der Waals surface area (Å²) in [6.45, 7) is 0. The van der Waals surface area contributed by atoms with Gasteiger partial charge in [-0.25, -0.2) is 4.39 Å². The number of nitrogens with two attached hydrogens (primary N) is 1. The van der Waals surface area contributed by atoms with Gasteiger partial charge >= 0.3 is 0 Å². The van der Waals surface area contributed by atoms with Crippen molar-refractivity contribution in [2.45, 2.75) is 0 Å². The number of anilines is 1. The van der Waals surface area contributed by atoms with E-state index in [9.17, 15) is 4.39 Å². The highest BCUT2D eigenvalue weighted by molar-refractivity contribution is 5.82. The fraction of sp³-hybridized carbons (Fsp3) is 0. The standard InChI is InChI=1S/C18H14FN/c19-17-12-15(13-7-3-1-4-8-13)11-16(18(17)20)14-9-5-2-6-10-14/h1-12H,20H2/i1D,2D,3D,4D,5D,6D,7D,8D,9D,10D. The molecule has 0 spiro atoms. The van der Waals surface area contributed by atoms with E-state index < -0.39 is 71.9 Å². The predicted molar refractivity (Wildman–Crippen MR) is 81.7 cm³/mol. The van der Waals surface area contributed by atoms with E-state index >= 15 is 0 Å². The normalized spacial score (nSPS) is 17.4. The molecule has 0 aromatic heterocycles. The molecule has 0 aliphatic rings. The van der Waals surface area contributed by atoms with Crippen molar-refractivity contribution in [3.05, 3.63) is 78.4 Å². The molecule has 0 fully saturated rings. The Morgan fingerprint density at radius 3 is 1.90 bits per heavy atom. The Balaban J connectivity index is 2.44. The Kier molecular flexibility index (Phi) is 1.40. The molecule has 0 saturated heterocycles. The summed E-state index contributed by atoms with van der Waals surface area (Å²) in [4.78, 5) is 0. The second kappa shape index (κ2) is 5.17. The summed E-state index contributed by atoms with van der Waals surface area (Å²) in [6, 6.07) is -4.09. The lowest BCUT2D eigenvalue weighted by Gasteiger charge is -2.10. The maximum Gasteiger partial charge on any atom is 0.147 e. The first-order chi connectivity index (χ1) is 13.9. The Morgan fingerprint density at radius 2 is 1.30 bits per heavy atom. The van der Waals surface area contributed by atoms with Gasteiger partial charge in [-0.2, -0.15) is 0 Å². The molecule has 3 aromatic rings. The van der Waals surface area contributed by atoms with E-state index in [1.165, 1.54) is 0 Å². The van der Waals surface area contributed by atoms with Crippen LogP contribution in [0.25, 0.3) is 22.3 Å². The van der Waals surface area contributed by atoms with Crippen LogP contribution in [0.15, 0.2) is 72.6 Å². The predicted octanol–water partition coefficient (Wildman–Crippen LogP) is 4.74. The molecule has 2 heteroatoms. The Labute approximate surface area is 131 Å². The number of rotatable bonds is 2. The van der Waals surface area contributed by atoms with Crippen LogP contribution in [0.2, 0.25) is 0 Å². The van der Waals surface area contributed by atoms with E-state index in [2.05, 4.69) is 0 Å². The van der Waals surface area contributed by atoms with Crippen molar-refractivity contribution in [3.8, 4) is 22.3 Å². The molecule has 0 radical (unpaired) electrons. The van der Waals surface area contributed by atoms with E-state index in [0.29, 0.717) is 0 Å². The van der Waals surface area contributed by atoms with Crippen LogP contribution in [0.3, 0.4) is 0 Å². The molecule has 3 aromatic carbocycles. The minimum atomic E-state index is -1.03. The zero-order chi connectivity index (χ0) is 22.7. The highest BCUT2D eigenvalue weighted by Gasteiger charge is 2.10. The average molecular weight is 273 g/mol. The Hall–Kier alpha value is -2.61. The third-order valence-corrected chi connectivity index (χ3v) is 2.69. The van der Waals surface area contributed by atoms with Gasteiger partial charge in [0, 0.05) is 5.56 Å². The summed E-state index contributed by atoms with van der Waals surface area (Å²) in [5, 5.41) is 0. The van der Waals surface area contributed by atoms with Gasteiger partial charge in [0.2, 0.25) is 0 Å². The number of hydrogen-bond acceptors (Lipinski definition) is 1. The molecule has 98 valence electrons. The maximum atomic E-state index is 14.7. The Bertz CT molecular complexity index is 1170. The van der Waals surface area contributed by atoms with Crippen LogP contribution in [0.5, 0.6) is 0 Å². The first-order valence-electron chi connectivity index (χ1n) is 10.6. The molecule has 0 amide bonds. The van der Waals surface area contributed by atoms with Crippen LogP contribution in [0.1, 0.15) is 13.7 Å². The zero-order valence-corrected chi connectivity index (χ0v) is 10.1. The molecular formula is C18H14FN. The first kappa shape index (κ1) is 5.41. The summed E-state index contributed by atoms with van der Waals surface area (Å²) in [7, 11) is 0. The van der Waals surface area contributed by atoms with Crippen molar-refractivity contribution >= 4 is 5.69 Å². The minimum absolute atomic E-state index is 0.138. The van der Waals surface area contributed by atoms with Gasteiger partial charge in [0.1, 0.15) is 5.82 Å². The molecule has 0 aliphatic heterocycles. The van der Waals surface area contributed by atoms with Gasteiger partial charge in [-0.15, -0.1) is 0 Å². The van der Waals surface area contributed by atoms with Crippen molar-refractivity contribution in [1.29, 1.82) is 0 Å². The highest BCUT2D eigenvalue weighted by atomic mass is 19.1. The summed E-state index contributed by atoms with van der Waals surface area (Å²) in [6.07, 6.45) is 0. The average Bonchev–Trinajstić information content (AvgIpc) is 2.71. The van der Waals surface area contributed by atoms with Gasteiger partial charge in [0.05, 0.1) is 19.4 Å². The molecule has 0 unspecified atom stereocenters.